The van der Waals surface area contributed by atoms with E-state index >= 15 is 0 Å². The molecular weight excluding hydrogens is 448 g/mol. The second-order valence-corrected chi connectivity index (χ2v) is 7.85. The minimum absolute atomic E-state index is 0. The van der Waals surface area contributed by atoms with Crippen LogP contribution in [0.4, 0.5) is 11.4 Å². The van der Waals surface area contributed by atoms with Crippen molar-refractivity contribution in [3.8, 4) is 5.75 Å². The average molecular weight is 462 g/mol. The molecule has 4 aromatic rings. The summed E-state index contributed by atoms with van der Waals surface area (Å²) in [7, 11) is -4.61. The summed E-state index contributed by atoms with van der Waals surface area (Å²) < 4.78 is 33.3. The van der Waals surface area contributed by atoms with Crippen molar-refractivity contribution in [2.45, 2.75) is 4.90 Å². The van der Waals surface area contributed by atoms with Crippen LogP contribution in [0.5, 0.6) is 5.75 Å². The zero-order valence-electron chi connectivity index (χ0n) is 15.9. The van der Waals surface area contributed by atoms with Gasteiger partial charge in [0.1, 0.15) is 21.8 Å². The number of azo groups is 1. The van der Waals surface area contributed by atoms with Gasteiger partial charge in [0.05, 0.1) is 0 Å². The van der Waals surface area contributed by atoms with Crippen LogP contribution in [0.15, 0.2) is 81.9 Å². The molecule has 0 amide bonds. The standard InChI is InChI=1S/C21H14N2O6S.Ca/c24-20-16(21(25)26)11-13-6-2-4-8-15(13)19(20)23-22-18-14-7-3-1-5-12(14)9-10-17(18)30(27,28)29;/h1-11,24H,(H,25,26)(H,27,28,29);. The van der Waals surface area contributed by atoms with Crippen molar-refractivity contribution in [2.75, 3.05) is 0 Å². The first-order valence-electron chi connectivity index (χ1n) is 8.66. The molecule has 0 aliphatic heterocycles. The molecule has 0 aromatic heterocycles. The maximum atomic E-state index is 11.9. The Balaban J connectivity index is 0.00000272. The number of carbonyl (C=O) groups is 1. The number of carboxylic acids is 1. The molecule has 4 rings (SSSR count). The van der Waals surface area contributed by atoms with Gasteiger partial charge in [-0.2, -0.15) is 8.42 Å². The van der Waals surface area contributed by atoms with Crippen molar-refractivity contribution in [2.24, 2.45) is 10.2 Å². The van der Waals surface area contributed by atoms with E-state index in [-0.39, 0.29) is 54.7 Å². The molecule has 3 N–H and O–H groups in total. The quantitative estimate of drug-likeness (QED) is 0.229. The van der Waals surface area contributed by atoms with Crippen LogP contribution in [-0.2, 0) is 10.1 Å². The smallest absolute Gasteiger partial charge is 0.339 e. The summed E-state index contributed by atoms with van der Waals surface area (Å²) in [5, 5.41) is 29.9. The number of carboxylic acid groups (broad SMARTS) is 1. The molecule has 8 nitrogen and oxygen atoms in total. The van der Waals surface area contributed by atoms with E-state index in [4.69, 9.17) is 0 Å². The van der Waals surface area contributed by atoms with Crippen molar-refractivity contribution in [1.29, 1.82) is 0 Å². The minimum Gasteiger partial charge on any atom is -0.505 e. The van der Waals surface area contributed by atoms with Crippen LogP contribution >= 0.6 is 0 Å². The van der Waals surface area contributed by atoms with Crippen LogP contribution in [-0.4, -0.2) is 66.9 Å². The van der Waals surface area contributed by atoms with Gasteiger partial charge >= 0.3 is 5.97 Å². The summed E-state index contributed by atoms with van der Waals surface area (Å²) in [5.41, 5.74) is -0.616. The van der Waals surface area contributed by atoms with Crippen LogP contribution in [0.25, 0.3) is 21.5 Å². The Kier molecular flexibility index (Phi) is 6.63. The summed E-state index contributed by atoms with van der Waals surface area (Å²) in [4.78, 5) is 11.1. The molecule has 0 aliphatic rings. The Hall–Kier alpha value is -2.56. The fourth-order valence-electron chi connectivity index (χ4n) is 3.23. The number of nitrogens with zero attached hydrogens (tertiary/aromatic N) is 2. The molecular formula is C21H14CaN2O6S. The van der Waals surface area contributed by atoms with Crippen molar-refractivity contribution < 1.29 is 28.0 Å². The Morgan fingerprint density at radius 1 is 0.806 bits per heavy atom. The third kappa shape index (κ3) is 4.41. The molecule has 152 valence electrons. The third-order valence-corrected chi connectivity index (χ3v) is 5.50. The van der Waals surface area contributed by atoms with Crippen LogP contribution in [0.3, 0.4) is 0 Å². The van der Waals surface area contributed by atoms with Gasteiger partial charge in [-0.3, -0.25) is 4.55 Å². The maximum absolute atomic E-state index is 11.9. The van der Waals surface area contributed by atoms with Crippen molar-refractivity contribution in [3.63, 3.8) is 0 Å². The Morgan fingerprint density at radius 3 is 1.97 bits per heavy atom. The Morgan fingerprint density at radius 2 is 1.35 bits per heavy atom. The molecule has 10 heteroatoms. The second kappa shape index (κ2) is 8.89. The SMILES string of the molecule is O=C(O)c1cc2ccccc2c(N=Nc2c(S(=O)(=O)O)ccc3ccccc23)c1O.[Ca]. The van der Waals surface area contributed by atoms with E-state index in [2.05, 4.69) is 10.2 Å². The van der Waals surface area contributed by atoms with E-state index in [1.165, 1.54) is 18.2 Å². The van der Waals surface area contributed by atoms with Gasteiger partial charge in [-0.05, 0) is 22.9 Å². The molecule has 2 radical (unpaired) electrons. The number of fused-ring (bicyclic) bond motifs is 2. The second-order valence-electron chi connectivity index (χ2n) is 6.46. The van der Waals surface area contributed by atoms with Gasteiger partial charge in [0.25, 0.3) is 10.1 Å². The first-order valence-corrected chi connectivity index (χ1v) is 10.1. The zero-order valence-corrected chi connectivity index (χ0v) is 19.0. The molecule has 0 fully saturated rings. The molecule has 0 heterocycles. The predicted molar refractivity (Wildman–Crippen MR) is 116 cm³/mol. The molecule has 4 aromatic carbocycles. The number of hydrogen-bond acceptors (Lipinski definition) is 6. The van der Waals surface area contributed by atoms with Crippen LogP contribution in [0, 0.1) is 0 Å². The fraction of sp³-hybridized carbons (Fsp3) is 0. The van der Waals surface area contributed by atoms with E-state index in [1.807, 2.05) is 0 Å². The van der Waals surface area contributed by atoms with Gasteiger partial charge in [-0.25, -0.2) is 4.79 Å². The van der Waals surface area contributed by atoms with Crippen LogP contribution < -0.4 is 0 Å². The maximum Gasteiger partial charge on any atom is 0.339 e. The van der Waals surface area contributed by atoms with E-state index in [1.54, 1.807) is 48.5 Å². The molecule has 0 aliphatic carbocycles. The number of rotatable bonds is 4. The number of aromatic hydroxyl groups is 1. The predicted octanol–water partition coefficient (Wildman–Crippen LogP) is 4.68. The molecule has 0 saturated carbocycles. The summed E-state index contributed by atoms with van der Waals surface area (Å²) in [6.07, 6.45) is 0. The van der Waals surface area contributed by atoms with Gasteiger partial charge in [0.2, 0.25) is 0 Å². The van der Waals surface area contributed by atoms with Gasteiger partial charge in [-0.15, -0.1) is 10.2 Å². The number of phenols is 1. The monoisotopic (exact) mass is 462 g/mol. The normalized spacial score (nSPS) is 11.6. The summed E-state index contributed by atoms with van der Waals surface area (Å²) in [6.45, 7) is 0. The summed E-state index contributed by atoms with van der Waals surface area (Å²) in [5.74, 6) is -1.95. The third-order valence-electron chi connectivity index (χ3n) is 4.62. The van der Waals surface area contributed by atoms with Gasteiger partial charge in [-0.1, -0.05) is 54.6 Å². The van der Waals surface area contributed by atoms with Crippen molar-refractivity contribution in [1.82, 2.24) is 0 Å². The van der Waals surface area contributed by atoms with E-state index in [0.29, 0.717) is 21.5 Å². The Labute approximate surface area is 206 Å². The molecule has 0 saturated heterocycles. The minimum atomic E-state index is -4.61. The number of benzene rings is 4. The van der Waals surface area contributed by atoms with Gasteiger partial charge in [0, 0.05) is 48.5 Å². The largest absolute Gasteiger partial charge is 0.505 e. The molecule has 0 atom stereocenters. The molecule has 0 unspecified atom stereocenters. The zero-order chi connectivity index (χ0) is 21.5. The van der Waals surface area contributed by atoms with E-state index in [9.17, 15) is 28.0 Å². The van der Waals surface area contributed by atoms with Gasteiger partial charge in [0.15, 0.2) is 5.75 Å². The van der Waals surface area contributed by atoms with Gasteiger partial charge < -0.3 is 10.2 Å². The first-order chi connectivity index (χ1) is 14.3. The first kappa shape index (κ1) is 23.1. The van der Waals surface area contributed by atoms with Crippen molar-refractivity contribution >= 4 is 86.7 Å². The molecule has 31 heavy (non-hydrogen) atoms. The Bertz CT molecular complexity index is 1470. The fourth-order valence-corrected chi connectivity index (χ4v) is 3.86. The molecule has 0 spiro atoms. The van der Waals surface area contributed by atoms with Crippen LogP contribution in [0.1, 0.15) is 10.4 Å². The van der Waals surface area contributed by atoms with E-state index < -0.39 is 26.7 Å². The summed E-state index contributed by atoms with van der Waals surface area (Å²) in [6, 6.07) is 17.5. The molecule has 0 bridgehead atoms. The summed E-state index contributed by atoms with van der Waals surface area (Å²) >= 11 is 0. The van der Waals surface area contributed by atoms with Crippen LogP contribution in [0.2, 0.25) is 0 Å². The average Bonchev–Trinajstić information content (AvgIpc) is 2.71. The van der Waals surface area contributed by atoms with Crippen molar-refractivity contribution in [3.05, 3.63) is 72.3 Å². The topological polar surface area (TPSA) is 137 Å². The van der Waals surface area contributed by atoms with E-state index in [0.717, 1.165) is 0 Å². The number of aromatic carboxylic acids is 1. The number of hydrogen-bond donors (Lipinski definition) is 3.